The van der Waals surface area contributed by atoms with Crippen LogP contribution in [0, 0.1) is 0 Å². The molecule has 0 unspecified atom stereocenters. The smallest absolute Gasteiger partial charge is 0.263 e. The molecule has 13 heteroatoms. The third-order valence-electron chi connectivity index (χ3n) is 10.8. The van der Waals surface area contributed by atoms with Crippen LogP contribution in [0.3, 0.4) is 0 Å². The summed E-state index contributed by atoms with van der Waals surface area (Å²) in [6.45, 7) is 0. The fraction of sp³-hybridized carbons (Fsp3) is 0.0400. The van der Waals surface area contributed by atoms with Gasteiger partial charge in [-0.1, -0.05) is 131 Å². The fourth-order valence-corrected chi connectivity index (χ4v) is 13.4. The lowest BCUT2D eigenvalue weighted by molar-refractivity contribution is -0.642. The molecule has 0 saturated carbocycles. The molecule has 0 saturated heterocycles. The van der Waals surface area contributed by atoms with Crippen molar-refractivity contribution in [2.75, 3.05) is 9.80 Å². The van der Waals surface area contributed by atoms with E-state index >= 15 is 0 Å². The van der Waals surface area contributed by atoms with Crippen molar-refractivity contribution >= 4 is 124 Å². The molecule has 2 aliphatic heterocycles. The van der Waals surface area contributed by atoms with E-state index in [1.807, 2.05) is 22.7 Å². The van der Waals surface area contributed by atoms with Gasteiger partial charge in [0.25, 0.3) is 10.0 Å². The number of benzene rings is 6. The van der Waals surface area contributed by atoms with Gasteiger partial charge in [0, 0.05) is 46.8 Å². The molecule has 0 amide bonds. The zero-order chi connectivity index (χ0) is 40.9. The first-order valence-corrected chi connectivity index (χ1v) is 23.8. The van der Waals surface area contributed by atoms with Crippen molar-refractivity contribution in [1.82, 2.24) is 10.2 Å². The third-order valence-corrected chi connectivity index (χ3v) is 16.2. The fourth-order valence-electron chi connectivity index (χ4n) is 7.91. The monoisotopic (exact) mass is 950 g/mol. The summed E-state index contributed by atoms with van der Waals surface area (Å²) >= 11 is 8.56. The standard InChI is InChI=1S/C50H36N6S5.2ClH/c1-53-41-25-13-15-27-43(41)57-45(53)29-33-31-47(55(35-17-5-3-6-18-35)39-23-11-9-21-37(33)39)59-49-51-52-50(61-49)60-48-32-34(30-46-54(2)42-26-14-16-28-44(42)58-46)38-22-10-12-24-40(38)56(48)36-19-7-4-8-20-36;;/h3-32H,1-2H3;2*1H/q+2;;/p-2. The number of aryl methyl sites for hydroxylation is 2. The van der Waals surface area contributed by atoms with Gasteiger partial charge in [-0.15, -0.1) is 10.2 Å². The van der Waals surface area contributed by atoms with Crippen molar-refractivity contribution < 1.29 is 33.9 Å². The van der Waals surface area contributed by atoms with Gasteiger partial charge < -0.3 is 34.6 Å². The molecular formula is C50H36Cl2N6S5. The molecule has 63 heavy (non-hydrogen) atoms. The van der Waals surface area contributed by atoms with Crippen LogP contribution in [0.4, 0.5) is 22.7 Å². The minimum Gasteiger partial charge on any atom is -1.00 e. The number of nitrogens with zero attached hydrogens (tertiary/aromatic N) is 6. The van der Waals surface area contributed by atoms with Crippen molar-refractivity contribution in [3.63, 3.8) is 0 Å². The summed E-state index contributed by atoms with van der Waals surface area (Å²) in [5, 5.41) is 14.2. The first-order chi connectivity index (χ1) is 30.1. The number of hydrogen-bond donors (Lipinski definition) is 0. The van der Waals surface area contributed by atoms with Crippen molar-refractivity contribution in [2.45, 2.75) is 8.68 Å². The number of anilines is 4. The predicted molar refractivity (Wildman–Crippen MR) is 260 cm³/mol. The Kier molecular flexibility index (Phi) is 12.4. The van der Waals surface area contributed by atoms with Crippen molar-refractivity contribution in [3.05, 3.63) is 201 Å². The van der Waals surface area contributed by atoms with E-state index in [9.17, 15) is 0 Å². The molecule has 5 heterocycles. The van der Waals surface area contributed by atoms with Crippen LogP contribution in [0.25, 0.3) is 43.7 Å². The molecular weight excluding hydrogens is 916 g/mol. The molecule has 3 aromatic heterocycles. The number of hydrogen-bond acceptors (Lipinski definition) is 9. The van der Waals surface area contributed by atoms with Crippen molar-refractivity contribution in [3.8, 4) is 0 Å². The van der Waals surface area contributed by atoms with Gasteiger partial charge >= 0.3 is 0 Å². The summed E-state index contributed by atoms with van der Waals surface area (Å²) in [4.78, 5) is 4.69. The van der Waals surface area contributed by atoms with Crippen molar-refractivity contribution in [2.24, 2.45) is 14.1 Å². The summed E-state index contributed by atoms with van der Waals surface area (Å²) in [6.07, 6.45) is 9.26. The maximum Gasteiger partial charge on any atom is 0.263 e. The molecule has 0 radical (unpaired) electrons. The molecule has 0 spiro atoms. The SMILES string of the molecule is C[n+]1c(/C=C2\C=C(Sc3nnc(SC4=C/C(=C\c5sc6ccccc6[n+]5C)c5ccccc5N4c4ccccc4)s3)N(c3ccccc3)c3ccccc32)sc2ccccc21.[Cl-].[Cl-]. The van der Waals surface area contributed by atoms with Crippen LogP contribution in [-0.2, 0) is 14.1 Å². The van der Waals surface area contributed by atoms with Gasteiger partial charge in [-0.25, -0.2) is 0 Å². The van der Waals surface area contributed by atoms with Crippen LogP contribution in [-0.4, -0.2) is 10.2 Å². The van der Waals surface area contributed by atoms with E-state index in [0.717, 1.165) is 52.6 Å². The van der Waals surface area contributed by atoms with Crippen LogP contribution >= 0.6 is 57.5 Å². The second-order valence-electron chi connectivity index (χ2n) is 14.5. The Morgan fingerprint density at radius 3 is 1.27 bits per heavy atom. The minimum absolute atomic E-state index is 0. The van der Waals surface area contributed by atoms with E-state index < -0.39 is 0 Å². The number of fused-ring (bicyclic) bond motifs is 4. The van der Waals surface area contributed by atoms with E-state index in [-0.39, 0.29) is 24.8 Å². The van der Waals surface area contributed by atoms with Crippen LogP contribution in [0.2, 0.25) is 0 Å². The third kappa shape index (κ3) is 8.15. The summed E-state index contributed by atoms with van der Waals surface area (Å²) in [5.41, 5.74) is 11.6. The Labute approximate surface area is 398 Å². The van der Waals surface area contributed by atoms with Gasteiger partial charge in [-0.05, 0) is 95.4 Å². The highest BCUT2D eigenvalue weighted by Gasteiger charge is 2.30. The summed E-state index contributed by atoms with van der Waals surface area (Å²) in [6, 6.07) is 55.8. The molecule has 0 N–H and O–H groups in total. The van der Waals surface area contributed by atoms with E-state index in [4.69, 9.17) is 10.2 Å². The Hall–Kier alpha value is -5.50. The highest BCUT2D eigenvalue weighted by Crippen LogP contribution is 2.50. The summed E-state index contributed by atoms with van der Waals surface area (Å²) in [7, 11) is 4.30. The van der Waals surface area contributed by atoms with Crippen LogP contribution < -0.4 is 43.7 Å². The molecule has 9 aromatic rings. The Morgan fingerprint density at radius 1 is 0.460 bits per heavy atom. The second kappa shape index (κ2) is 18.3. The molecule has 2 aliphatic rings. The Morgan fingerprint density at radius 2 is 0.841 bits per heavy atom. The first-order valence-electron chi connectivity index (χ1n) is 19.8. The molecule has 6 aromatic carbocycles. The van der Waals surface area contributed by atoms with Gasteiger partial charge in [-0.2, -0.15) is 9.13 Å². The zero-order valence-corrected chi connectivity index (χ0v) is 39.4. The molecule has 0 bridgehead atoms. The van der Waals surface area contributed by atoms with Crippen LogP contribution in [0.1, 0.15) is 21.1 Å². The topological polar surface area (TPSA) is 40.0 Å². The molecule has 0 fully saturated rings. The maximum atomic E-state index is 4.84. The molecule has 11 rings (SSSR count). The number of thiazole rings is 2. The van der Waals surface area contributed by atoms with Gasteiger partial charge in [0.05, 0.1) is 21.4 Å². The van der Waals surface area contributed by atoms with Crippen molar-refractivity contribution in [1.29, 1.82) is 0 Å². The zero-order valence-electron chi connectivity index (χ0n) is 33.8. The predicted octanol–water partition coefficient (Wildman–Crippen LogP) is 7.28. The highest BCUT2D eigenvalue weighted by atomic mass is 35.5. The van der Waals surface area contributed by atoms with Gasteiger partial charge in [0.15, 0.2) is 8.68 Å². The lowest BCUT2D eigenvalue weighted by Gasteiger charge is -2.32. The van der Waals surface area contributed by atoms with Crippen LogP contribution in [0.15, 0.2) is 189 Å². The number of thioether (sulfide) groups is 2. The van der Waals surface area contributed by atoms with Gasteiger partial charge in [0.1, 0.15) is 23.5 Å². The van der Waals surface area contributed by atoms with Gasteiger partial charge in [0.2, 0.25) is 11.0 Å². The number of aromatic nitrogens is 4. The van der Waals surface area contributed by atoms with E-state index in [1.54, 1.807) is 34.9 Å². The number of halogens is 2. The molecule has 310 valence electrons. The lowest BCUT2D eigenvalue weighted by atomic mass is 9.99. The van der Waals surface area contributed by atoms with E-state index in [1.165, 1.54) is 41.6 Å². The lowest BCUT2D eigenvalue weighted by Crippen LogP contribution is -3.00. The average molecular weight is 952 g/mol. The first kappa shape index (κ1) is 42.8. The normalized spacial score (nSPS) is 14.6. The second-order valence-corrected chi connectivity index (χ2v) is 20.1. The van der Waals surface area contributed by atoms with Crippen LogP contribution in [0.5, 0.6) is 0 Å². The molecule has 0 aliphatic carbocycles. The number of rotatable bonds is 8. The highest BCUT2D eigenvalue weighted by molar-refractivity contribution is 8.07. The van der Waals surface area contributed by atoms with Gasteiger partial charge in [-0.3, -0.25) is 0 Å². The quantitative estimate of drug-likeness (QED) is 0.150. The minimum atomic E-state index is 0. The number of para-hydroxylation sites is 6. The molecule has 6 nitrogen and oxygen atoms in total. The van der Waals surface area contributed by atoms with E-state index in [0.29, 0.717) is 0 Å². The molecule has 0 atom stereocenters. The summed E-state index contributed by atoms with van der Waals surface area (Å²) in [5.74, 6) is 0. The summed E-state index contributed by atoms with van der Waals surface area (Å²) < 4.78 is 8.85. The van der Waals surface area contributed by atoms with E-state index in [2.05, 4.69) is 215 Å². The number of allylic oxidation sites excluding steroid dienone is 4. The average Bonchev–Trinajstić information content (AvgIpc) is 3.98. The largest absolute Gasteiger partial charge is 1.00 e. The Balaban J connectivity index is 0.00000252. The maximum absolute atomic E-state index is 4.84. The Bertz CT molecular complexity index is 3050.